The van der Waals surface area contributed by atoms with Gasteiger partial charge in [0.1, 0.15) is 48.9 Å². The van der Waals surface area contributed by atoms with Crippen LogP contribution in [0.5, 0.6) is 0 Å². The van der Waals surface area contributed by atoms with Crippen molar-refractivity contribution in [3.63, 3.8) is 0 Å². The van der Waals surface area contributed by atoms with E-state index in [2.05, 4.69) is 62.5 Å². The molecule has 1 aliphatic heterocycles. The molecule has 3 aromatic carbocycles. The number of hydrogen-bond donors (Lipinski definition) is 16. The van der Waals surface area contributed by atoms with Crippen LogP contribution in [0.4, 0.5) is 0 Å². The van der Waals surface area contributed by atoms with Gasteiger partial charge in [-0.25, -0.2) is 0 Å². The van der Waals surface area contributed by atoms with E-state index in [0.29, 0.717) is 11.1 Å². The first-order valence-electron chi connectivity index (χ1n) is 29.4. The van der Waals surface area contributed by atoms with E-state index >= 15 is 9.59 Å². The number of rotatable bonds is 31. The lowest BCUT2D eigenvalue weighted by Gasteiger charge is -2.28. The number of hydrogen-bond acceptors (Lipinski definition) is 15. The van der Waals surface area contributed by atoms with E-state index in [1.807, 2.05) is 36.4 Å². The van der Waals surface area contributed by atoms with E-state index in [0.717, 1.165) is 10.8 Å². The van der Waals surface area contributed by atoms with Crippen LogP contribution in [0.1, 0.15) is 82.3 Å². The standard InChI is InChI=1S/C58H88N20O11/c1-35(79)34-89-30-29-88-28-27-67-47(80)22-21-44-52(85)77-45(32-36-11-3-2-4-12-36)54(87)78-46(33-37-19-20-38-13-5-6-14-39(38)31-37)53(86)75-43(18-10-26-71-58(65)66)50(83)73-41(16-8-24-69-56(61)62)48(81)72-40(15-7-23-68-55(59)60)49(82)74-42(51(84)76-44)17-9-25-70-57(63)64/h2-6,11-14,19-20,31,40-46H,7-10,15-18,21-30,32-34H2,1H3,(H,67,80)(H,72,81)(H,73,83)(H,74,82)(H,75,86)(H,76,84)(H,77,85)(H,78,87)(H4,59,60,68)(H4,61,62,69)(H4,63,64,70)(H4,65,66,71)/t40-,41+,42?,43-,44-,45+,46-/m0/s1. The number of amides is 8. The summed E-state index contributed by atoms with van der Waals surface area (Å²) in [6.07, 6.45) is -1.08. The first-order chi connectivity index (χ1) is 42.6. The van der Waals surface area contributed by atoms with E-state index in [-0.39, 0.29) is 166 Å². The number of ether oxygens (including phenoxy) is 2. The molecule has 31 nitrogen and oxygen atoms in total. The van der Waals surface area contributed by atoms with E-state index in [4.69, 9.17) is 55.3 Å². The van der Waals surface area contributed by atoms with Crippen molar-refractivity contribution < 1.29 is 52.6 Å². The second-order valence-electron chi connectivity index (χ2n) is 21.1. The Bertz CT molecular complexity index is 2950. The van der Waals surface area contributed by atoms with Crippen molar-refractivity contribution in [2.45, 2.75) is 126 Å². The third-order valence-corrected chi connectivity index (χ3v) is 13.7. The molecular formula is C58H88N20O11. The average molecular weight is 1240 g/mol. The van der Waals surface area contributed by atoms with Gasteiger partial charge in [-0.15, -0.1) is 0 Å². The van der Waals surface area contributed by atoms with Gasteiger partial charge in [-0.05, 0) is 86.6 Å². The van der Waals surface area contributed by atoms with Gasteiger partial charge in [-0.1, -0.05) is 72.8 Å². The number of nitrogens with zero attached hydrogens (tertiary/aromatic N) is 4. The molecular weight excluding hydrogens is 1150 g/mol. The molecule has 3 aromatic rings. The molecule has 0 saturated carbocycles. The van der Waals surface area contributed by atoms with Gasteiger partial charge in [-0.2, -0.15) is 0 Å². The quantitative estimate of drug-likeness (QED) is 0.0165. The van der Waals surface area contributed by atoms with Crippen molar-refractivity contribution in [1.82, 2.24) is 42.5 Å². The molecule has 1 heterocycles. The number of guanidine groups is 4. The Morgan fingerprint density at radius 2 is 0.787 bits per heavy atom. The van der Waals surface area contributed by atoms with Crippen LogP contribution in [0.25, 0.3) is 10.8 Å². The second kappa shape index (κ2) is 39.2. The predicted octanol–water partition coefficient (Wildman–Crippen LogP) is -4.23. The summed E-state index contributed by atoms with van der Waals surface area (Å²) in [7, 11) is 0. The Morgan fingerprint density at radius 1 is 0.427 bits per heavy atom. The Kier molecular flexibility index (Phi) is 31.6. The summed E-state index contributed by atoms with van der Waals surface area (Å²) in [5.74, 6) is -7.84. The number of carbonyl (C=O) groups is 9. The van der Waals surface area contributed by atoms with Crippen LogP contribution in [-0.4, -0.2) is 178 Å². The zero-order valence-corrected chi connectivity index (χ0v) is 50.2. The lowest BCUT2D eigenvalue weighted by Crippen LogP contribution is -2.60. The normalized spacial score (nSPS) is 19.7. The summed E-state index contributed by atoms with van der Waals surface area (Å²) in [4.78, 5) is 145. The smallest absolute Gasteiger partial charge is 0.243 e. The minimum Gasteiger partial charge on any atom is -0.377 e. The highest BCUT2D eigenvalue weighted by atomic mass is 16.5. The highest BCUT2D eigenvalue weighted by Crippen LogP contribution is 2.18. The minimum atomic E-state index is -1.58. The SMILES string of the molecule is CC(=O)COCCOCCNC(=O)CC[C@@H]1NC(=O)C(CCCN=C(N)N)NC(=O)[C@H](CCCN=C(N)N)NC(=O)[C@@H](CCCN=C(N)N)NC(=O)[C@H](CCCN=C(N)N)NC(=O)[C@H](Cc2ccc3ccccc3c2)NC(=O)[C@@H](Cc2ccccc2)NC1=O. The molecule has 8 amide bonds. The number of Topliss-reactive ketones (excluding diaryl/α,β-unsaturated/α-hetero) is 1. The number of aliphatic imine (C=N–C) groups is 4. The Labute approximate surface area is 516 Å². The number of nitrogens with one attached hydrogen (secondary N) is 8. The Hall–Kier alpha value is -9.65. The average Bonchev–Trinajstić information content (AvgIpc) is 3.65. The maximum absolute atomic E-state index is 15.1. The second-order valence-corrected chi connectivity index (χ2v) is 21.1. The summed E-state index contributed by atoms with van der Waals surface area (Å²) in [6.45, 7) is 1.73. The third kappa shape index (κ3) is 28.6. The molecule has 1 unspecified atom stereocenters. The van der Waals surface area contributed by atoms with Crippen LogP contribution in [0, 0.1) is 0 Å². The number of nitrogens with two attached hydrogens (primary N) is 8. The lowest BCUT2D eigenvalue weighted by molar-refractivity contribution is -0.135. The summed E-state index contributed by atoms with van der Waals surface area (Å²) in [6, 6.07) is 11.3. The number of benzene rings is 3. The maximum atomic E-state index is 15.1. The number of fused-ring (bicyclic) bond motifs is 1. The maximum Gasteiger partial charge on any atom is 0.243 e. The fourth-order valence-electron chi connectivity index (χ4n) is 9.20. The van der Waals surface area contributed by atoms with Gasteiger partial charge in [0.2, 0.25) is 47.3 Å². The zero-order valence-electron chi connectivity index (χ0n) is 50.2. The topological polar surface area (TPSA) is 526 Å². The first kappa shape index (κ1) is 71.8. The largest absolute Gasteiger partial charge is 0.377 e. The van der Waals surface area contributed by atoms with Gasteiger partial charge in [0.25, 0.3) is 0 Å². The molecule has 89 heavy (non-hydrogen) atoms. The van der Waals surface area contributed by atoms with Crippen molar-refractivity contribution in [3.8, 4) is 0 Å². The van der Waals surface area contributed by atoms with E-state index in [1.165, 1.54) is 6.92 Å². The van der Waals surface area contributed by atoms with Crippen LogP contribution in [0.15, 0.2) is 92.8 Å². The number of carbonyl (C=O) groups excluding carboxylic acids is 9. The molecule has 1 fully saturated rings. The molecule has 0 aromatic heterocycles. The highest BCUT2D eigenvalue weighted by molar-refractivity contribution is 5.99. The summed E-state index contributed by atoms with van der Waals surface area (Å²) in [5.41, 5.74) is 46.1. The van der Waals surface area contributed by atoms with Crippen LogP contribution < -0.4 is 88.4 Å². The summed E-state index contributed by atoms with van der Waals surface area (Å²) in [5, 5.41) is 23.6. The van der Waals surface area contributed by atoms with Gasteiger partial charge in [0.15, 0.2) is 29.6 Å². The molecule has 4 rings (SSSR count). The molecule has 7 atom stereocenters. The van der Waals surface area contributed by atoms with E-state index in [1.54, 1.807) is 36.4 Å². The molecule has 1 aliphatic rings. The number of ketones is 1. The fraction of sp³-hybridized carbons (Fsp3) is 0.500. The fourth-order valence-corrected chi connectivity index (χ4v) is 9.20. The van der Waals surface area contributed by atoms with Crippen molar-refractivity contribution in [2.75, 3.05) is 59.2 Å². The summed E-state index contributed by atoms with van der Waals surface area (Å²) >= 11 is 0. The third-order valence-electron chi connectivity index (χ3n) is 13.7. The molecule has 0 spiro atoms. The lowest BCUT2D eigenvalue weighted by atomic mass is 9.99. The predicted molar refractivity (Wildman–Crippen MR) is 336 cm³/mol. The van der Waals surface area contributed by atoms with Crippen molar-refractivity contribution in [3.05, 3.63) is 83.9 Å². The monoisotopic (exact) mass is 1240 g/mol. The van der Waals surface area contributed by atoms with Gasteiger partial charge in [0, 0.05) is 52.0 Å². The van der Waals surface area contributed by atoms with E-state index in [9.17, 15) is 33.6 Å². The van der Waals surface area contributed by atoms with Crippen molar-refractivity contribution in [2.24, 2.45) is 65.8 Å². The van der Waals surface area contributed by atoms with Crippen LogP contribution in [0.3, 0.4) is 0 Å². The summed E-state index contributed by atoms with van der Waals surface area (Å²) < 4.78 is 10.7. The van der Waals surface area contributed by atoms with Gasteiger partial charge >= 0.3 is 0 Å². The highest BCUT2D eigenvalue weighted by Gasteiger charge is 2.36. The first-order valence-corrected chi connectivity index (χ1v) is 29.4. The Morgan fingerprint density at radius 3 is 1.20 bits per heavy atom. The molecule has 486 valence electrons. The molecule has 0 bridgehead atoms. The van der Waals surface area contributed by atoms with Crippen molar-refractivity contribution in [1.29, 1.82) is 0 Å². The molecule has 1 saturated heterocycles. The molecule has 0 radical (unpaired) electrons. The van der Waals surface area contributed by atoms with Crippen LogP contribution in [-0.2, 0) is 65.5 Å². The van der Waals surface area contributed by atoms with Gasteiger partial charge in [-0.3, -0.25) is 63.1 Å². The van der Waals surface area contributed by atoms with E-state index < -0.39 is 89.6 Å². The molecule has 24 N–H and O–H groups in total. The van der Waals surface area contributed by atoms with Crippen LogP contribution in [0.2, 0.25) is 0 Å². The minimum absolute atomic E-state index is 0.00335. The van der Waals surface area contributed by atoms with Crippen molar-refractivity contribution >= 4 is 87.7 Å². The van der Waals surface area contributed by atoms with Crippen LogP contribution >= 0.6 is 0 Å². The van der Waals surface area contributed by atoms with Gasteiger partial charge in [0.05, 0.1) is 19.8 Å². The molecule has 31 heteroatoms. The Balaban J connectivity index is 1.90. The molecule has 0 aliphatic carbocycles. The van der Waals surface area contributed by atoms with Gasteiger partial charge < -0.3 is 97.9 Å². The zero-order chi connectivity index (χ0) is 65.1.